The number of nitrogens with zero attached hydrogens (tertiary/aromatic N) is 1. The molecule has 1 aromatic carbocycles. The number of hydrogen-bond donors (Lipinski definition) is 2. The maximum absolute atomic E-state index is 6.08. The Bertz CT molecular complexity index is 550. The summed E-state index contributed by atoms with van der Waals surface area (Å²) in [5.41, 5.74) is 0. The number of benzene rings is 1. The van der Waals surface area contributed by atoms with E-state index in [2.05, 4.69) is 27.8 Å². The summed E-state index contributed by atoms with van der Waals surface area (Å²) in [7, 11) is 0. The van der Waals surface area contributed by atoms with Crippen LogP contribution in [0.15, 0.2) is 30.3 Å². The number of pyridine rings is 1. The lowest BCUT2D eigenvalue weighted by Gasteiger charge is -2.24. The van der Waals surface area contributed by atoms with Crippen molar-refractivity contribution in [2.75, 3.05) is 18.4 Å². The third-order valence-electron chi connectivity index (χ3n) is 3.39. The first-order chi connectivity index (χ1) is 8.83. The minimum Gasteiger partial charge on any atom is -0.367 e. The van der Waals surface area contributed by atoms with Crippen LogP contribution in [-0.4, -0.2) is 24.1 Å². The Balaban J connectivity index is 1.94. The molecule has 1 aliphatic rings. The second-order valence-corrected chi connectivity index (χ2v) is 5.07. The van der Waals surface area contributed by atoms with Gasteiger partial charge in [0.15, 0.2) is 0 Å². The van der Waals surface area contributed by atoms with Gasteiger partial charge in [-0.2, -0.15) is 0 Å². The van der Waals surface area contributed by atoms with Gasteiger partial charge in [-0.3, -0.25) is 0 Å². The summed E-state index contributed by atoms with van der Waals surface area (Å²) in [6.07, 6.45) is 2.26. The predicted octanol–water partition coefficient (Wildman–Crippen LogP) is 3.05. The minimum absolute atomic E-state index is 0.487. The second-order valence-electron chi connectivity index (χ2n) is 4.68. The van der Waals surface area contributed by atoms with Crippen molar-refractivity contribution in [3.05, 3.63) is 35.5 Å². The number of rotatable bonds is 2. The van der Waals surface area contributed by atoms with Crippen LogP contribution in [0.4, 0.5) is 5.82 Å². The first kappa shape index (κ1) is 11.8. The minimum atomic E-state index is 0.487. The van der Waals surface area contributed by atoms with Crippen molar-refractivity contribution in [3.63, 3.8) is 0 Å². The SMILES string of the molecule is Clc1cc2ccccc2c(NC2CCNCC2)n1. The molecule has 3 rings (SSSR count). The van der Waals surface area contributed by atoms with Crippen molar-refractivity contribution in [1.82, 2.24) is 10.3 Å². The Morgan fingerprint density at radius 1 is 1.22 bits per heavy atom. The number of hydrogen-bond acceptors (Lipinski definition) is 3. The zero-order chi connectivity index (χ0) is 12.4. The Morgan fingerprint density at radius 2 is 2.00 bits per heavy atom. The summed E-state index contributed by atoms with van der Waals surface area (Å²) in [4.78, 5) is 4.43. The Hall–Kier alpha value is -1.32. The van der Waals surface area contributed by atoms with Crippen LogP contribution < -0.4 is 10.6 Å². The zero-order valence-electron chi connectivity index (χ0n) is 10.1. The van der Waals surface area contributed by atoms with Crippen LogP contribution in [0.5, 0.6) is 0 Å². The summed E-state index contributed by atoms with van der Waals surface area (Å²) in [6.45, 7) is 2.13. The average molecular weight is 262 g/mol. The number of nitrogens with one attached hydrogen (secondary N) is 2. The molecule has 94 valence electrons. The molecule has 0 atom stereocenters. The van der Waals surface area contributed by atoms with E-state index < -0.39 is 0 Å². The Kier molecular flexibility index (Phi) is 3.35. The first-order valence-corrected chi connectivity index (χ1v) is 6.73. The molecule has 0 aliphatic carbocycles. The number of halogens is 1. The monoisotopic (exact) mass is 261 g/mol. The van der Waals surface area contributed by atoms with Crippen LogP contribution in [0, 0.1) is 0 Å². The fraction of sp³-hybridized carbons (Fsp3) is 0.357. The fourth-order valence-corrected chi connectivity index (χ4v) is 2.64. The van der Waals surface area contributed by atoms with Crippen molar-refractivity contribution >= 4 is 28.2 Å². The highest BCUT2D eigenvalue weighted by Gasteiger charge is 2.14. The van der Waals surface area contributed by atoms with E-state index in [0.717, 1.165) is 42.5 Å². The van der Waals surface area contributed by atoms with Crippen molar-refractivity contribution in [1.29, 1.82) is 0 Å². The van der Waals surface area contributed by atoms with Gasteiger partial charge in [0.2, 0.25) is 0 Å². The van der Waals surface area contributed by atoms with E-state index in [0.29, 0.717) is 11.2 Å². The van der Waals surface area contributed by atoms with Crippen molar-refractivity contribution in [3.8, 4) is 0 Å². The number of fused-ring (bicyclic) bond motifs is 1. The molecule has 0 saturated carbocycles. The lowest BCUT2D eigenvalue weighted by atomic mass is 10.1. The van der Waals surface area contributed by atoms with E-state index >= 15 is 0 Å². The van der Waals surface area contributed by atoms with E-state index in [1.54, 1.807) is 0 Å². The standard InChI is InChI=1S/C14H16ClN3/c15-13-9-10-3-1-2-4-12(10)14(18-13)17-11-5-7-16-8-6-11/h1-4,9,11,16H,5-8H2,(H,17,18). The zero-order valence-corrected chi connectivity index (χ0v) is 10.9. The number of aromatic nitrogens is 1. The van der Waals surface area contributed by atoms with E-state index in [4.69, 9.17) is 11.6 Å². The van der Waals surface area contributed by atoms with E-state index in [-0.39, 0.29) is 0 Å². The molecule has 2 N–H and O–H groups in total. The van der Waals surface area contributed by atoms with Crippen molar-refractivity contribution < 1.29 is 0 Å². The van der Waals surface area contributed by atoms with Gasteiger partial charge in [0.05, 0.1) is 0 Å². The van der Waals surface area contributed by atoms with Crippen molar-refractivity contribution in [2.45, 2.75) is 18.9 Å². The summed E-state index contributed by atoms with van der Waals surface area (Å²) in [5.74, 6) is 0.907. The largest absolute Gasteiger partial charge is 0.367 e. The fourth-order valence-electron chi connectivity index (χ4n) is 2.44. The lowest BCUT2D eigenvalue weighted by Crippen LogP contribution is -2.35. The molecule has 0 bridgehead atoms. The highest BCUT2D eigenvalue weighted by Crippen LogP contribution is 2.25. The van der Waals surface area contributed by atoms with Gasteiger partial charge in [0, 0.05) is 11.4 Å². The molecular formula is C14H16ClN3. The molecule has 2 heterocycles. The van der Waals surface area contributed by atoms with Crippen LogP contribution in [0.2, 0.25) is 5.15 Å². The molecule has 4 heteroatoms. The van der Waals surface area contributed by atoms with Gasteiger partial charge in [-0.25, -0.2) is 4.98 Å². The van der Waals surface area contributed by atoms with Gasteiger partial charge in [-0.15, -0.1) is 0 Å². The van der Waals surface area contributed by atoms with Crippen LogP contribution in [0.25, 0.3) is 10.8 Å². The van der Waals surface area contributed by atoms with Crippen molar-refractivity contribution in [2.24, 2.45) is 0 Å². The van der Waals surface area contributed by atoms with Gasteiger partial charge in [-0.05, 0) is 37.4 Å². The summed E-state index contributed by atoms with van der Waals surface area (Å²) < 4.78 is 0. The lowest BCUT2D eigenvalue weighted by molar-refractivity contribution is 0.478. The van der Waals surface area contributed by atoms with Gasteiger partial charge in [0.1, 0.15) is 11.0 Å². The highest BCUT2D eigenvalue weighted by molar-refractivity contribution is 6.30. The molecular weight excluding hydrogens is 246 g/mol. The summed E-state index contributed by atoms with van der Waals surface area (Å²) >= 11 is 6.08. The molecule has 1 aliphatic heterocycles. The molecule has 1 saturated heterocycles. The van der Waals surface area contributed by atoms with Crippen LogP contribution in [0.3, 0.4) is 0 Å². The molecule has 0 amide bonds. The highest BCUT2D eigenvalue weighted by atomic mass is 35.5. The molecule has 1 aromatic heterocycles. The Labute approximate surface area is 112 Å². The normalized spacial score (nSPS) is 16.9. The first-order valence-electron chi connectivity index (χ1n) is 6.35. The molecule has 1 fully saturated rings. The molecule has 3 nitrogen and oxygen atoms in total. The number of piperidine rings is 1. The quantitative estimate of drug-likeness (QED) is 0.816. The molecule has 2 aromatic rings. The van der Waals surface area contributed by atoms with E-state index in [1.165, 1.54) is 0 Å². The smallest absolute Gasteiger partial charge is 0.135 e. The second kappa shape index (κ2) is 5.12. The Morgan fingerprint density at radius 3 is 2.83 bits per heavy atom. The van der Waals surface area contributed by atoms with Crippen LogP contribution >= 0.6 is 11.6 Å². The molecule has 18 heavy (non-hydrogen) atoms. The maximum Gasteiger partial charge on any atom is 0.135 e. The van der Waals surface area contributed by atoms with Gasteiger partial charge >= 0.3 is 0 Å². The summed E-state index contributed by atoms with van der Waals surface area (Å²) in [6, 6.07) is 10.6. The van der Waals surface area contributed by atoms with Gasteiger partial charge < -0.3 is 10.6 Å². The van der Waals surface area contributed by atoms with E-state index in [1.807, 2.05) is 18.2 Å². The van der Waals surface area contributed by atoms with Crippen LogP contribution in [0.1, 0.15) is 12.8 Å². The topological polar surface area (TPSA) is 37.0 Å². The molecule has 0 spiro atoms. The molecule has 0 unspecified atom stereocenters. The van der Waals surface area contributed by atoms with Gasteiger partial charge in [0.25, 0.3) is 0 Å². The van der Waals surface area contributed by atoms with E-state index in [9.17, 15) is 0 Å². The van der Waals surface area contributed by atoms with Gasteiger partial charge in [-0.1, -0.05) is 35.9 Å². The third kappa shape index (κ3) is 2.42. The maximum atomic E-state index is 6.08. The summed E-state index contributed by atoms with van der Waals surface area (Å²) in [5, 5.41) is 9.71. The molecule has 0 radical (unpaired) electrons. The number of anilines is 1. The average Bonchev–Trinajstić information content (AvgIpc) is 2.40. The van der Waals surface area contributed by atoms with Crippen LogP contribution in [-0.2, 0) is 0 Å². The predicted molar refractivity (Wildman–Crippen MR) is 76.3 cm³/mol. The third-order valence-corrected chi connectivity index (χ3v) is 3.58.